The SMILES string of the molecule is CCC(CO)N1CC(CS)CC1=O. The number of aliphatic hydroxyl groups is 1. The third kappa shape index (κ3) is 2.38. The normalized spacial score (nSPS) is 25.3. The summed E-state index contributed by atoms with van der Waals surface area (Å²) in [6.07, 6.45) is 1.42. The molecular formula is C9H17NO2S. The molecule has 4 heteroatoms. The molecule has 1 amide bonds. The van der Waals surface area contributed by atoms with E-state index in [0.29, 0.717) is 12.3 Å². The molecule has 0 spiro atoms. The Morgan fingerprint density at radius 3 is 2.85 bits per heavy atom. The van der Waals surface area contributed by atoms with Gasteiger partial charge in [0.2, 0.25) is 5.91 Å². The Morgan fingerprint density at radius 1 is 1.77 bits per heavy atom. The molecule has 76 valence electrons. The average molecular weight is 203 g/mol. The maximum absolute atomic E-state index is 11.5. The number of hydrogen-bond donors (Lipinski definition) is 2. The van der Waals surface area contributed by atoms with E-state index in [-0.39, 0.29) is 18.6 Å². The molecule has 1 heterocycles. The minimum absolute atomic E-state index is 0.0115. The summed E-state index contributed by atoms with van der Waals surface area (Å²) in [5.74, 6) is 1.29. The van der Waals surface area contributed by atoms with Gasteiger partial charge < -0.3 is 10.0 Å². The Hall–Kier alpha value is -0.220. The molecule has 3 nitrogen and oxygen atoms in total. The maximum Gasteiger partial charge on any atom is 0.223 e. The summed E-state index contributed by atoms with van der Waals surface area (Å²) in [7, 11) is 0. The summed E-state index contributed by atoms with van der Waals surface area (Å²) < 4.78 is 0. The van der Waals surface area contributed by atoms with E-state index >= 15 is 0 Å². The van der Waals surface area contributed by atoms with E-state index in [0.717, 1.165) is 18.7 Å². The lowest BCUT2D eigenvalue weighted by Crippen LogP contribution is -2.38. The van der Waals surface area contributed by atoms with Gasteiger partial charge in [-0.1, -0.05) is 6.92 Å². The third-order valence-corrected chi connectivity index (χ3v) is 3.14. The molecular weight excluding hydrogens is 186 g/mol. The average Bonchev–Trinajstić information content (AvgIpc) is 2.50. The van der Waals surface area contributed by atoms with Crippen molar-refractivity contribution in [2.24, 2.45) is 5.92 Å². The summed E-state index contributed by atoms with van der Waals surface area (Å²) in [6, 6.07) is 0.0115. The Kier molecular flexibility index (Phi) is 4.06. The van der Waals surface area contributed by atoms with E-state index in [1.807, 2.05) is 6.92 Å². The third-order valence-electron chi connectivity index (χ3n) is 2.62. The summed E-state index contributed by atoms with van der Waals surface area (Å²) in [5, 5.41) is 9.05. The van der Waals surface area contributed by atoms with Crippen LogP contribution in [0.5, 0.6) is 0 Å². The van der Waals surface area contributed by atoms with Gasteiger partial charge in [-0.3, -0.25) is 4.79 Å². The van der Waals surface area contributed by atoms with E-state index in [2.05, 4.69) is 12.6 Å². The Bertz CT molecular complexity index is 182. The molecule has 1 aliphatic rings. The van der Waals surface area contributed by atoms with Gasteiger partial charge in [0.1, 0.15) is 0 Å². The van der Waals surface area contributed by atoms with Crippen molar-refractivity contribution >= 4 is 18.5 Å². The van der Waals surface area contributed by atoms with E-state index in [1.54, 1.807) is 4.90 Å². The first kappa shape index (κ1) is 10.9. The molecule has 2 atom stereocenters. The van der Waals surface area contributed by atoms with Crippen LogP contribution >= 0.6 is 12.6 Å². The fourth-order valence-corrected chi connectivity index (χ4v) is 1.98. The van der Waals surface area contributed by atoms with Crippen molar-refractivity contribution < 1.29 is 9.90 Å². The summed E-state index contributed by atoms with van der Waals surface area (Å²) in [4.78, 5) is 13.3. The predicted molar refractivity (Wildman–Crippen MR) is 54.8 cm³/mol. The zero-order chi connectivity index (χ0) is 9.84. The standard InChI is InChI=1S/C9H17NO2S/c1-2-8(5-11)10-4-7(6-13)3-9(10)12/h7-8,11,13H,2-6H2,1H3. The molecule has 0 radical (unpaired) electrons. The zero-order valence-electron chi connectivity index (χ0n) is 7.94. The van der Waals surface area contributed by atoms with E-state index in [4.69, 9.17) is 5.11 Å². The quantitative estimate of drug-likeness (QED) is 0.655. The minimum Gasteiger partial charge on any atom is -0.394 e. The highest BCUT2D eigenvalue weighted by Gasteiger charge is 2.32. The Morgan fingerprint density at radius 2 is 2.46 bits per heavy atom. The van der Waals surface area contributed by atoms with Crippen molar-refractivity contribution in [2.75, 3.05) is 18.9 Å². The van der Waals surface area contributed by atoms with Crippen LogP contribution in [0.25, 0.3) is 0 Å². The molecule has 1 saturated heterocycles. The molecule has 0 bridgehead atoms. The molecule has 0 aliphatic carbocycles. The van der Waals surface area contributed by atoms with Crippen LogP contribution in [-0.2, 0) is 4.79 Å². The molecule has 0 aromatic heterocycles. The highest BCUT2D eigenvalue weighted by atomic mass is 32.1. The van der Waals surface area contributed by atoms with Crippen molar-refractivity contribution in [3.8, 4) is 0 Å². The fraction of sp³-hybridized carbons (Fsp3) is 0.889. The number of hydrogen-bond acceptors (Lipinski definition) is 3. The minimum atomic E-state index is 0.0115. The fourth-order valence-electron chi connectivity index (χ4n) is 1.73. The van der Waals surface area contributed by atoms with E-state index in [9.17, 15) is 4.79 Å². The largest absolute Gasteiger partial charge is 0.394 e. The van der Waals surface area contributed by atoms with Crippen LogP contribution in [0.15, 0.2) is 0 Å². The number of thiol groups is 1. The molecule has 1 aliphatic heterocycles. The van der Waals surface area contributed by atoms with Gasteiger partial charge in [0.25, 0.3) is 0 Å². The monoisotopic (exact) mass is 203 g/mol. The lowest BCUT2D eigenvalue weighted by Gasteiger charge is -2.25. The van der Waals surface area contributed by atoms with Gasteiger partial charge in [0.05, 0.1) is 12.6 Å². The van der Waals surface area contributed by atoms with Crippen molar-refractivity contribution in [2.45, 2.75) is 25.8 Å². The van der Waals surface area contributed by atoms with E-state index in [1.165, 1.54) is 0 Å². The number of nitrogens with zero attached hydrogens (tertiary/aromatic N) is 1. The zero-order valence-corrected chi connectivity index (χ0v) is 8.83. The number of amides is 1. The van der Waals surface area contributed by atoms with Crippen LogP contribution in [0.4, 0.5) is 0 Å². The van der Waals surface area contributed by atoms with Gasteiger partial charge in [-0.15, -0.1) is 0 Å². The molecule has 0 aromatic carbocycles. The first-order chi connectivity index (χ1) is 6.22. The molecule has 13 heavy (non-hydrogen) atoms. The molecule has 1 rings (SSSR count). The van der Waals surface area contributed by atoms with Gasteiger partial charge in [-0.2, -0.15) is 12.6 Å². The summed E-state index contributed by atoms with van der Waals surface area (Å²) in [5.41, 5.74) is 0. The lowest BCUT2D eigenvalue weighted by molar-refractivity contribution is -0.130. The van der Waals surface area contributed by atoms with Crippen LogP contribution in [0.1, 0.15) is 19.8 Å². The first-order valence-corrected chi connectivity index (χ1v) is 5.37. The second-order valence-corrected chi connectivity index (χ2v) is 3.91. The molecule has 1 N–H and O–H groups in total. The molecule has 0 saturated carbocycles. The van der Waals surface area contributed by atoms with Crippen LogP contribution in [0, 0.1) is 5.92 Å². The van der Waals surface area contributed by atoms with Gasteiger partial charge in [-0.05, 0) is 18.1 Å². The van der Waals surface area contributed by atoms with Crippen molar-refractivity contribution in [1.82, 2.24) is 4.90 Å². The Labute approximate surface area is 84.5 Å². The number of carbonyl (C=O) groups excluding carboxylic acids is 1. The number of likely N-dealkylation sites (tertiary alicyclic amines) is 1. The van der Waals surface area contributed by atoms with Gasteiger partial charge in [0.15, 0.2) is 0 Å². The predicted octanol–water partition coefficient (Wildman–Crippen LogP) is 0.536. The maximum atomic E-state index is 11.5. The topological polar surface area (TPSA) is 40.5 Å². The molecule has 2 unspecified atom stereocenters. The van der Waals surface area contributed by atoms with Gasteiger partial charge in [-0.25, -0.2) is 0 Å². The van der Waals surface area contributed by atoms with Crippen LogP contribution in [0.3, 0.4) is 0 Å². The summed E-state index contributed by atoms with van der Waals surface area (Å²) >= 11 is 4.18. The van der Waals surface area contributed by atoms with Crippen LogP contribution < -0.4 is 0 Å². The highest BCUT2D eigenvalue weighted by Crippen LogP contribution is 2.21. The first-order valence-electron chi connectivity index (χ1n) is 4.74. The van der Waals surface area contributed by atoms with Gasteiger partial charge in [0, 0.05) is 13.0 Å². The molecule has 0 aromatic rings. The second kappa shape index (κ2) is 4.86. The number of rotatable bonds is 4. The number of carbonyl (C=O) groups is 1. The highest BCUT2D eigenvalue weighted by molar-refractivity contribution is 7.80. The Balaban J connectivity index is 2.55. The van der Waals surface area contributed by atoms with Crippen LogP contribution in [0.2, 0.25) is 0 Å². The number of aliphatic hydroxyl groups excluding tert-OH is 1. The lowest BCUT2D eigenvalue weighted by atomic mass is 10.1. The van der Waals surface area contributed by atoms with Crippen molar-refractivity contribution in [1.29, 1.82) is 0 Å². The summed E-state index contributed by atoms with van der Waals surface area (Å²) in [6.45, 7) is 2.82. The van der Waals surface area contributed by atoms with Crippen molar-refractivity contribution in [3.05, 3.63) is 0 Å². The second-order valence-electron chi connectivity index (χ2n) is 3.54. The smallest absolute Gasteiger partial charge is 0.223 e. The van der Waals surface area contributed by atoms with Gasteiger partial charge >= 0.3 is 0 Å². The molecule has 1 fully saturated rings. The van der Waals surface area contributed by atoms with Crippen LogP contribution in [-0.4, -0.2) is 40.9 Å². The van der Waals surface area contributed by atoms with E-state index < -0.39 is 0 Å². The van der Waals surface area contributed by atoms with Crippen molar-refractivity contribution in [3.63, 3.8) is 0 Å².